The van der Waals surface area contributed by atoms with Crippen LogP contribution < -0.4 is 4.74 Å². The van der Waals surface area contributed by atoms with Gasteiger partial charge in [0.25, 0.3) is 0 Å². The van der Waals surface area contributed by atoms with Crippen LogP contribution in [0, 0.1) is 0 Å². The Bertz CT molecular complexity index is 572. The van der Waals surface area contributed by atoms with Crippen LogP contribution in [0.25, 0.3) is 0 Å². The largest absolute Gasteiger partial charge is 0.497 e. The Morgan fingerprint density at radius 2 is 1.75 bits per heavy atom. The quantitative estimate of drug-likeness (QED) is 0.847. The molecule has 5 nitrogen and oxygen atoms in total. The first kappa shape index (κ1) is 14.8. The number of benzene rings is 1. The molecule has 1 aromatic rings. The lowest BCUT2D eigenvalue weighted by Gasteiger charge is -2.31. The molecule has 1 aromatic carbocycles. The summed E-state index contributed by atoms with van der Waals surface area (Å²) in [4.78, 5) is 13.3. The van der Waals surface area contributed by atoms with Gasteiger partial charge in [-0.3, -0.25) is 4.79 Å². The van der Waals surface area contributed by atoms with E-state index in [2.05, 4.69) is 0 Å². The highest BCUT2D eigenvalue weighted by molar-refractivity contribution is 7.92. The zero-order chi connectivity index (χ0) is 14.8. The summed E-state index contributed by atoms with van der Waals surface area (Å²) in [7, 11) is -1.79. The van der Waals surface area contributed by atoms with E-state index in [1.54, 1.807) is 36.3 Å². The molecule has 1 heterocycles. The van der Waals surface area contributed by atoms with E-state index in [0.29, 0.717) is 36.6 Å². The molecule has 1 aliphatic rings. The van der Waals surface area contributed by atoms with E-state index in [4.69, 9.17) is 4.74 Å². The van der Waals surface area contributed by atoms with Gasteiger partial charge in [-0.15, -0.1) is 0 Å². The Hall–Kier alpha value is -1.56. The summed E-state index contributed by atoms with van der Waals surface area (Å²) in [6, 6.07) is 6.45. The second-order valence-electron chi connectivity index (χ2n) is 4.93. The third-order valence-corrected chi connectivity index (χ3v) is 5.99. The van der Waals surface area contributed by atoms with Gasteiger partial charge in [-0.25, -0.2) is 8.42 Å². The lowest BCUT2D eigenvalue weighted by atomic mass is 10.1. The van der Waals surface area contributed by atoms with Crippen molar-refractivity contribution in [3.63, 3.8) is 0 Å². The van der Waals surface area contributed by atoms with Gasteiger partial charge in [-0.1, -0.05) is 0 Å². The van der Waals surface area contributed by atoms with E-state index < -0.39 is 15.1 Å². The highest BCUT2D eigenvalue weighted by atomic mass is 32.2. The van der Waals surface area contributed by atoms with Gasteiger partial charge in [0.2, 0.25) is 5.91 Å². The van der Waals surface area contributed by atoms with Crippen LogP contribution in [0.4, 0.5) is 0 Å². The van der Waals surface area contributed by atoms with Crippen molar-refractivity contribution in [3.8, 4) is 5.75 Å². The Morgan fingerprint density at radius 1 is 1.20 bits per heavy atom. The summed E-state index contributed by atoms with van der Waals surface area (Å²) in [6.45, 7) is 2.53. The summed E-state index contributed by atoms with van der Waals surface area (Å²) < 4.78 is 30.1. The van der Waals surface area contributed by atoms with E-state index in [9.17, 15) is 13.2 Å². The summed E-state index contributed by atoms with van der Waals surface area (Å²) in [5, 5.41) is -0.411. The highest BCUT2D eigenvalue weighted by Crippen LogP contribution is 2.26. The minimum atomic E-state index is -3.33. The predicted octanol–water partition coefficient (Wildman–Crippen LogP) is 1.48. The van der Waals surface area contributed by atoms with Crippen LogP contribution >= 0.6 is 0 Å². The fraction of sp³-hybridized carbons (Fsp3) is 0.500. The smallest absolute Gasteiger partial charge is 0.219 e. The molecule has 0 radical (unpaired) electrons. The van der Waals surface area contributed by atoms with Crippen molar-refractivity contribution in [2.75, 3.05) is 20.2 Å². The highest BCUT2D eigenvalue weighted by Gasteiger charge is 2.31. The van der Waals surface area contributed by atoms with Crippen molar-refractivity contribution in [2.45, 2.75) is 29.9 Å². The monoisotopic (exact) mass is 297 g/mol. The number of amides is 1. The summed E-state index contributed by atoms with van der Waals surface area (Å²) in [5.74, 6) is 0.639. The minimum absolute atomic E-state index is 0.00490. The second-order valence-corrected chi connectivity index (χ2v) is 7.15. The number of piperidine rings is 1. The average molecular weight is 297 g/mol. The van der Waals surface area contributed by atoms with Crippen LogP contribution in [0.2, 0.25) is 0 Å². The number of likely N-dealkylation sites (tertiary alicyclic amines) is 1. The number of nitrogens with zero attached hydrogens (tertiary/aromatic N) is 1. The molecule has 1 amide bonds. The molecule has 0 atom stereocenters. The number of hydrogen-bond donors (Lipinski definition) is 0. The first-order valence-electron chi connectivity index (χ1n) is 6.58. The van der Waals surface area contributed by atoms with E-state index in [-0.39, 0.29) is 5.91 Å². The second kappa shape index (κ2) is 5.83. The summed E-state index contributed by atoms with van der Waals surface area (Å²) in [6.07, 6.45) is 0.988. The van der Waals surface area contributed by atoms with Crippen molar-refractivity contribution < 1.29 is 17.9 Å². The Labute approximate surface area is 119 Å². The van der Waals surface area contributed by atoms with Crippen LogP contribution in [0.15, 0.2) is 29.2 Å². The first-order valence-corrected chi connectivity index (χ1v) is 8.13. The normalized spacial score (nSPS) is 17.0. The average Bonchev–Trinajstić information content (AvgIpc) is 2.47. The minimum Gasteiger partial charge on any atom is -0.497 e. The fourth-order valence-electron chi connectivity index (χ4n) is 2.44. The van der Waals surface area contributed by atoms with Gasteiger partial charge in [0.05, 0.1) is 17.3 Å². The van der Waals surface area contributed by atoms with Crippen molar-refractivity contribution in [3.05, 3.63) is 24.3 Å². The number of rotatable bonds is 3. The van der Waals surface area contributed by atoms with Crippen LogP contribution in [-0.2, 0) is 14.6 Å². The van der Waals surface area contributed by atoms with Gasteiger partial charge < -0.3 is 9.64 Å². The molecule has 0 aliphatic carbocycles. The lowest BCUT2D eigenvalue weighted by Crippen LogP contribution is -2.41. The third kappa shape index (κ3) is 2.95. The molecule has 1 saturated heterocycles. The van der Waals surface area contributed by atoms with Crippen molar-refractivity contribution in [1.29, 1.82) is 0 Å². The van der Waals surface area contributed by atoms with Gasteiger partial charge in [0, 0.05) is 20.0 Å². The fourth-order valence-corrected chi connectivity index (χ4v) is 4.17. The summed E-state index contributed by atoms with van der Waals surface area (Å²) in [5.41, 5.74) is 0. The number of carbonyl (C=O) groups is 1. The molecule has 0 bridgehead atoms. The Balaban J connectivity index is 2.13. The van der Waals surface area contributed by atoms with Gasteiger partial charge >= 0.3 is 0 Å². The number of carbonyl (C=O) groups excluding carboxylic acids is 1. The van der Waals surface area contributed by atoms with Crippen molar-refractivity contribution >= 4 is 15.7 Å². The van der Waals surface area contributed by atoms with Crippen molar-refractivity contribution in [1.82, 2.24) is 4.90 Å². The molecule has 0 spiro atoms. The number of hydrogen-bond acceptors (Lipinski definition) is 4. The molecular weight excluding hydrogens is 278 g/mol. The van der Waals surface area contributed by atoms with E-state index in [0.717, 1.165) is 0 Å². The third-order valence-electron chi connectivity index (χ3n) is 3.71. The molecule has 0 aromatic heterocycles. The van der Waals surface area contributed by atoms with Crippen LogP contribution in [0.3, 0.4) is 0 Å². The molecule has 110 valence electrons. The van der Waals surface area contributed by atoms with Gasteiger partial charge in [0.15, 0.2) is 9.84 Å². The Kier molecular flexibility index (Phi) is 4.32. The van der Waals surface area contributed by atoms with Gasteiger partial charge in [0.1, 0.15) is 5.75 Å². The SMILES string of the molecule is COc1ccc(S(=O)(=O)C2CCN(C(C)=O)CC2)cc1. The lowest BCUT2D eigenvalue weighted by molar-refractivity contribution is -0.129. The van der Waals surface area contributed by atoms with Crippen LogP contribution in [0.1, 0.15) is 19.8 Å². The predicted molar refractivity (Wildman–Crippen MR) is 75.5 cm³/mol. The maximum Gasteiger partial charge on any atom is 0.219 e. The maximum absolute atomic E-state index is 12.5. The van der Waals surface area contributed by atoms with E-state index in [1.165, 1.54) is 6.92 Å². The molecular formula is C14H19NO4S. The molecule has 0 N–H and O–H groups in total. The molecule has 1 aliphatic heterocycles. The van der Waals surface area contributed by atoms with E-state index in [1.807, 2.05) is 0 Å². The first-order chi connectivity index (χ1) is 9.45. The molecule has 2 rings (SSSR count). The molecule has 6 heteroatoms. The number of methoxy groups -OCH3 is 1. The molecule has 1 fully saturated rings. The number of ether oxygens (including phenoxy) is 1. The molecule has 0 unspecified atom stereocenters. The van der Waals surface area contributed by atoms with Crippen LogP contribution in [-0.4, -0.2) is 44.7 Å². The Morgan fingerprint density at radius 3 is 2.20 bits per heavy atom. The van der Waals surface area contributed by atoms with Crippen molar-refractivity contribution in [2.24, 2.45) is 0 Å². The standard InChI is InChI=1S/C14H19NO4S/c1-11(16)15-9-7-14(8-10-15)20(17,18)13-5-3-12(19-2)4-6-13/h3-6,14H,7-10H2,1-2H3. The topological polar surface area (TPSA) is 63.7 Å². The maximum atomic E-state index is 12.5. The number of sulfone groups is 1. The molecule has 0 saturated carbocycles. The van der Waals surface area contributed by atoms with E-state index >= 15 is 0 Å². The summed E-state index contributed by atoms with van der Waals surface area (Å²) >= 11 is 0. The molecule has 20 heavy (non-hydrogen) atoms. The van der Waals surface area contributed by atoms with Crippen LogP contribution in [0.5, 0.6) is 5.75 Å². The van der Waals surface area contributed by atoms with Gasteiger partial charge in [-0.05, 0) is 37.1 Å². The zero-order valence-electron chi connectivity index (χ0n) is 11.7. The zero-order valence-corrected chi connectivity index (χ0v) is 12.5. The van der Waals surface area contributed by atoms with Gasteiger partial charge in [-0.2, -0.15) is 0 Å².